The lowest BCUT2D eigenvalue weighted by Gasteiger charge is -2.37. The second kappa shape index (κ2) is 14.0. The molecule has 0 radical (unpaired) electrons. The number of amides is 2. The number of guanidine groups is 1. The molecule has 2 fully saturated rings. The summed E-state index contributed by atoms with van der Waals surface area (Å²) in [6, 6.07) is 9.28. The Morgan fingerprint density at radius 3 is 2.43 bits per heavy atom. The Bertz CT molecular complexity index is 2070. The number of carbonyl (C=O) groups is 2. The van der Waals surface area contributed by atoms with Crippen LogP contribution in [0.2, 0.25) is 5.02 Å². The van der Waals surface area contributed by atoms with Gasteiger partial charge in [0.1, 0.15) is 41.1 Å². The normalized spacial score (nSPS) is 18.6. The molecular formula is C32H35B3ClF5N10O3. The maximum absolute atomic E-state index is 14.9. The zero-order chi connectivity index (χ0) is 39.4. The minimum atomic E-state index is -4.76. The lowest BCUT2D eigenvalue weighted by atomic mass is 9.52. The number of benzene rings is 2. The maximum Gasteiger partial charge on any atom is 0.405 e. The highest BCUT2D eigenvalue weighted by atomic mass is 35.5. The molecule has 2 atom stereocenters. The van der Waals surface area contributed by atoms with Gasteiger partial charge in [-0.15, -0.1) is 0 Å². The van der Waals surface area contributed by atoms with Crippen LogP contribution in [0, 0.1) is 10.8 Å². The first-order valence-corrected chi connectivity index (χ1v) is 17.3. The summed E-state index contributed by atoms with van der Waals surface area (Å²) in [5.41, 5.74) is -3.20. The molecule has 13 nitrogen and oxygen atoms in total. The Morgan fingerprint density at radius 1 is 1.13 bits per heavy atom. The summed E-state index contributed by atoms with van der Waals surface area (Å²) in [4.78, 5) is 33.9. The van der Waals surface area contributed by atoms with Crippen LogP contribution in [-0.4, -0.2) is 94.2 Å². The number of alkyl carbamates (subject to hydrolysis) is 1. The zero-order valence-electron chi connectivity index (χ0n) is 29.9. The molecule has 282 valence electrons. The summed E-state index contributed by atoms with van der Waals surface area (Å²) >= 11 is 6.43. The Kier molecular flexibility index (Phi) is 10.1. The molecule has 1 aliphatic carbocycles. The Labute approximate surface area is 314 Å². The predicted molar refractivity (Wildman–Crippen MR) is 194 cm³/mol. The fourth-order valence-corrected chi connectivity index (χ4v) is 6.45. The van der Waals surface area contributed by atoms with Gasteiger partial charge < -0.3 is 15.4 Å². The van der Waals surface area contributed by atoms with Gasteiger partial charge in [0, 0.05) is 17.4 Å². The van der Waals surface area contributed by atoms with Gasteiger partial charge in [-0.3, -0.25) is 15.1 Å². The van der Waals surface area contributed by atoms with Gasteiger partial charge in [0.05, 0.1) is 34.4 Å². The van der Waals surface area contributed by atoms with E-state index in [4.69, 9.17) is 21.7 Å². The number of alkyl halides is 5. The van der Waals surface area contributed by atoms with Crippen LogP contribution in [0.5, 0.6) is 0 Å². The van der Waals surface area contributed by atoms with Crippen molar-refractivity contribution < 1.29 is 36.3 Å². The molecule has 6 rings (SSSR count). The van der Waals surface area contributed by atoms with Crippen molar-refractivity contribution in [3.63, 3.8) is 0 Å². The van der Waals surface area contributed by atoms with E-state index in [1.807, 2.05) is 0 Å². The number of nitrogens with zero attached hydrogens (tertiary/aromatic N) is 7. The molecule has 0 bridgehead atoms. The summed E-state index contributed by atoms with van der Waals surface area (Å²) in [5, 5.41) is 26.2. The number of carbonyl (C=O) groups excluding carboxylic acids is 2. The fraction of sp³-hybridized carbons (Fsp3) is 0.406. The largest absolute Gasteiger partial charge is 0.471 e. The second-order valence-corrected chi connectivity index (χ2v) is 15.3. The first-order valence-electron chi connectivity index (χ1n) is 17.0. The van der Waals surface area contributed by atoms with Crippen molar-refractivity contribution in [1.82, 2.24) is 45.3 Å². The molecule has 2 aromatic heterocycles. The minimum Gasteiger partial charge on any atom is -0.471 e. The molecule has 1 aliphatic heterocycles. The van der Waals surface area contributed by atoms with E-state index in [2.05, 4.69) is 30.9 Å². The predicted octanol–water partition coefficient (Wildman–Crippen LogP) is 2.97. The van der Waals surface area contributed by atoms with Crippen LogP contribution in [-0.2, 0) is 15.1 Å². The molecule has 2 aliphatic rings. The molecule has 22 heteroatoms. The molecule has 0 spiro atoms. The third-order valence-electron chi connectivity index (χ3n) is 9.19. The second-order valence-electron chi connectivity index (χ2n) is 14.9. The molecule has 2 aromatic carbocycles. The van der Waals surface area contributed by atoms with Crippen LogP contribution in [0.1, 0.15) is 68.6 Å². The van der Waals surface area contributed by atoms with Crippen molar-refractivity contribution in [2.45, 2.75) is 68.6 Å². The van der Waals surface area contributed by atoms with E-state index in [9.17, 15) is 31.5 Å². The van der Waals surface area contributed by atoms with E-state index in [-0.39, 0.29) is 27.9 Å². The lowest BCUT2D eigenvalue weighted by molar-refractivity contribution is -0.218. The Morgan fingerprint density at radius 2 is 1.81 bits per heavy atom. The van der Waals surface area contributed by atoms with Crippen LogP contribution in [0.3, 0.4) is 0 Å². The molecule has 0 unspecified atom stereocenters. The van der Waals surface area contributed by atoms with Crippen LogP contribution in [0.25, 0.3) is 16.9 Å². The van der Waals surface area contributed by atoms with Crippen molar-refractivity contribution >= 4 is 53.1 Å². The topological polar surface area (TPSA) is 156 Å². The number of nitrogens with one attached hydrogen (secondary N) is 3. The molecular weight excluding hydrogens is 735 g/mol. The summed E-state index contributed by atoms with van der Waals surface area (Å²) in [6.07, 6.45) is -5.10. The van der Waals surface area contributed by atoms with Crippen LogP contribution in [0.15, 0.2) is 55.0 Å². The van der Waals surface area contributed by atoms with Crippen molar-refractivity contribution in [3.8, 4) is 16.9 Å². The average molecular weight is 771 g/mol. The fourth-order valence-electron chi connectivity index (χ4n) is 6.25. The standard InChI is InChI=1S/C32H35B3ClF5N10O3/c1-29(2,31(39,40)41)14-30(18-6-3-16(4-7-18)21-12-45-51(48-21)19-8-9-19)26(52)49(27(42)47-30)23(13-43-28(53)54-32(33,34)35)17-5-10-20(36)22(11-17)50-25(24(37)38)44-15-46-50/h3-7,10-12,15,19,23-24H,8-9,13-14,33-35H2,1-2H3,(H2,42,47)(H,43,53)/t23-,30-/m1/s1. The molecule has 1 saturated carbocycles. The van der Waals surface area contributed by atoms with Crippen LogP contribution >= 0.6 is 11.6 Å². The van der Waals surface area contributed by atoms with E-state index < -0.39 is 71.6 Å². The summed E-state index contributed by atoms with van der Waals surface area (Å²) in [6.45, 7) is 1.51. The van der Waals surface area contributed by atoms with E-state index in [0.717, 1.165) is 42.6 Å². The Hall–Kier alpha value is -4.94. The lowest BCUT2D eigenvalue weighted by Crippen LogP contribution is -2.51. The quantitative estimate of drug-likeness (QED) is 0.147. The minimum absolute atomic E-state index is 0.0236. The Balaban J connectivity index is 1.44. The third kappa shape index (κ3) is 7.68. The zero-order valence-corrected chi connectivity index (χ0v) is 30.6. The van der Waals surface area contributed by atoms with Crippen molar-refractivity contribution in [1.29, 1.82) is 5.41 Å². The van der Waals surface area contributed by atoms with E-state index in [1.54, 1.807) is 46.7 Å². The molecule has 54 heavy (non-hydrogen) atoms. The maximum atomic E-state index is 14.9. The van der Waals surface area contributed by atoms with Gasteiger partial charge in [0.25, 0.3) is 12.3 Å². The van der Waals surface area contributed by atoms with Gasteiger partial charge in [-0.05, 0) is 42.5 Å². The molecule has 1 saturated heterocycles. The highest BCUT2D eigenvalue weighted by Gasteiger charge is 2.60. The van der Waals surface area contributed by atoms with E-state index in [0.29, 0.717) is 11.3 Å². The van der Waals surface area contributed by atoms with Gasteiger partial charge in [-0.2, -0.15) is 33.3 Å². The van der Waals surface area contributed by atoms with Gasteiger partial charge in [0.15, 0.2) is 11.8 Å². The van der Waals surface area contributed by atoms with Crippen molar-refractivity contribution in [3.05, 3.63) is 77.0 Å². The molecule has 3 N–H and O–H groups in total. The summed E-state index contributed by atoms with van der Waals surface area (Å²) in [7, 11) is 4.90. The van der Waals surface area contributed by atoms with Crippen molar-refractivity contribution in [2.75, 3.05) is 6.54 Å². The summed E-state index contributed by atoms with van der Waals surface area (Å²) in [5.74, 6) is -2.23. The third-order valence-corrected chi connectivity index (χ3v) is 9.51. The number of hydrogen-bond acceptors (Lipinski definition) is 8. The van der Waals surface area contributed by atoms with Gasteiger partial charge >= 0.3 is 12.3 Å². The van der Waals surface area contributed by atoms with Crippen LogP contribution in [0.4, 0.5) is 26.7 Å². The number of halogens is 6. The van der Waals surface area contributed by atoms with Crippen LogP contribution < -0.4 is 10.6 Å². The first kappa shape index (κ1) is 38.8. The van der Waals surface area contributed by atoms with Gasteiger partial charge in [0.2, 0.25) is 0 Å². The van der Waals surface area contributed by atoms with Gasteiger partial charge in [-0.25, -0.2) is 23.2 Å². The molecule has 2 amide bonds. The van der Waals surface area contributed by atoms with E-state index >= 15 is 0 Å². The number of rotatable bonds is 12. The highest BCUT2D eigenvalue weighted by Crippen LogP contribution is 2.49. The highest BCUT2D eigenvalue weighted by molar-refractivity contribution is 6.58. The van der Waals surface area contributed by atoms with Gasteiger partial charge in [-0.1, -0.05) is 55.8 Å². The molecule has 4 aromatic rings. The monoisotopic (exact) mass is 770 g/mol. The number of ether oxygens (including phenoxy) is 1. The first-order chi connectivity index (χ1) is 25.2. The molecule has 3 heterocycles. The summed E-state index contributed by atoms with van der Waals surface area (Å²) < 4.78 is 77.6. The van der Waals surface area contributed by atoms with E-state index in [1.165, 1.54) is 30.3 Å². The number of aromatic nitrogens is 6. The smallest absolute Gasteiger partial charge is 0.405 e. The number of hydrogen-bond donors (Lipinski definition) is 3. The van der Waals surface area contributed by atoms with Crippen molar-refractivity contribution in [2.24, 2.45) is 5.41 Å². The SMILES string of the molecule is BC(B)(B)OC(=O)NC[C@H](c1ccc(Cl)c(-n2ncnc2C(F)F)c1)N1C(=N)N[C@](CC(C)(C)C(F)(F)F)(c2ccc(-c3cnn(C4CC4)n3)cc2)C1=O. The average Bonchev–Trinajstić information content (AvgIpc) is 3.49.